The number of hydrogen-bond acceptors (Lipinski definition) is 4. The van der Waals surface area contributed by atoms with Crippen LogP contribution in [0.3, 0.4) is 0 Å². The van der Waals surface area contributed by atoms with Gasteiger partial charge in [-0.15, -0.1) is 0 Å². The third-order valence-electron chi connectivity index (χ3n) is 4.94. The number of nitrogens with one attached hydrogen (secondary N) is 1. The van der Waals surface area contributed by atoms with Crippen LogP contribution >= 0.6 is 0 Å². The second-order valence-corrected chi connectivity index (χ2v) is 7.29. The molecule has 24 heavy (non-hydrogen) atoms. The highest BCUT2D eigenvalue weighted by Gasteiger charge is 2.43. The molecule has 2 aliphatic heterocycles. The van der Waals surface area contributed by atoms with Crippen LogP contribution < -0.4 is 14.8 Å². The number of allylic oxidation sites excluding steroid dienone is 2. The maximum absolute atomic E-state index is 12.0. The minimum Gasteiger partial charge on any atom is -0.481 e. The molecule has 1 fully saturated rings. The van der Waals surface area contributed by atoms with Crippen LogP contribution in [-0.4, -0.2) is 30.5 Å². The molecule has 1 aromatic rings. The molecule has 0 radical (unpaired) electrons. The average Bonchev–Trinajstić information content (AvgIpc) is 3.11. The molecular formula is C19H25NO4. The minimum absolute atomic E-state index is 0.0378. The average molecular weight is 331 g/mol. The van der Waals surface area contributed by atoms with Crippen LogP contribution in [0.2, 0.25) is 0 Å². The first-order chi connectivity index (χ1) is 11.4. The normalized spacial score (nSPS) is 26.2. The van der Waals surface area contributed by atoms with Crippen molar-refractivity contribution < 1.29 is 19.4 Å². The van der Waals surface area contributed by atoms with Gasteiger partial charge in [0.25, 0.3) is 0 Å². The van der Waals surface area contributed by atoms with Gasteiger partial charge in [0.2, 0.25) is 6.79 Å². The summed E-state index contributed by atoms with van der Waals surface area (Å²) in [6.07, 6.45) is 4.96. The first-order valence-corrected chi connectivity index (χ1v) is 8.41. The van der Waals surface area contributed by atoms with Gasteiger partial charge in [-0.1, -0.05) is 32.1 Å². The topological polar surface area (TPSA) is 67.8 Å². The van der Waals surface area contributed by atoms with Gasteiger partial charge in [-0.25, -0.2) is 0 Å². The summed E-state index contributed by atoms with van der Waals surface area (Å²) in [6, 6.07) is 5.69. The van der Waals surface area contributed by atoms with Crippen molar-refractivity contribution in [1.82, 2.24) is 5.32 Å². The molecule has 130 valence electrons. The number of carboxylic acid groups (broad SMARTS) is 1. The number of aliphatic carboxylic acids is 1. The van der Waals surface area contributed by atoms with E-state index in [-0.39, 0.29) is 24.2 Å². The van der Waals surface area contributed by atoms with Crippen molar-refractivity contribution in [3.05, 3.63) is 35.9 Å². The molecule has 0 aromatic heterocycles. The molecule has 0 bridgehead atoms. The van der Waals surface area contributed by atoms with Crippen LogP contribution in [0.25, 0.3) is 0 Å². The van der Waals surface area contributed by atoms with Gasteiger partial charge in [0.1, 0.15) is 0 Å². The van der Waals surface area contributed by atoms with Crippen LogP contribution in [0.1, 0.15) is 38.7 Å². The Balaban J connectivity index is 1.83. The highest BCUT2D eigenvalue weighted by molar-refractivity contribution is 5.73. The summed E-state index contributed by atoms with van der Waals surface area (Å²) in [5, 5.41) is 13.3. The molecule has 5 nitrogen and oxygen atoms in total. The van der Waals surface area contributed by atoms with E-state index in [9.17, 15) is 9.90 Å². The largest absolute Gasteiger partial charge is 0.481 e. The van der Waals surface area contributed by atoms with Crippen molar-refractivity contribution in [3.8, 4) is 11.5 Å². The molecule has 2 N–H and O–H groups in total. The maximum atomic E-state index is 12.0. The lowest BCUT2D eigenvalue weighted by Gasteiger charge is -2.28. The molecule has 0 aliphatic carbocycles. The molecule has 2 heterocycles. The van der Waals surface area contributed by atoms with Gasteiger partial charge >= 0.3 is 5.97 Å². The molecule has 3 rings (SSSR count). The summed E-state index contributed by atoms with van der Waals surface area (Å²) in [5.74, 6) is 0.166. The Morgan fingerprint density at radius 3 is 2.83 bits per heavy atom. The van der Waals surface area contributed by atoms with Crippen LogP contribution in [-0.2, 0) is 4.79 Å². The van der Waals surface area contributed by atoms with E-state index in [1.807, 2.05) is 31.2 Å². The molecule has 3 atom stereocenters. The monoisotopic (exact) mass is 331 g/mol. The summed E-state index contributed by atoms with van der Waals surface area (Å²) in [7, 11) is 0. The summed E-state index contributed by atoms with van der Waals surface area (Å²) in [6.45, 7) is 7.16. The number of fused-ring (bicyclic) bond motifs is 1. The van der Waals surface area contributed by atoms with Gasteiger partial charge in [-0.3, -0.25) is 4.79 Å². The molecule has 1 saturated heterocycles. The lowest BCUT2D eigenvalue weighted by molar-refractivity contribution is -0.142. The molecule has 0 spiro atoms. The zero-order valence-corrected chi connectivity index (χ0v) is 14.4. The van der Waals surface area contributed by atoms with Crippen LogP contribution in [0, 0.1) is 11.3 Å². The Bertz CT molecular complexity index is 653. The van der Waals surface area contributed by atoms with Crippen molar-refractivity contribution in [2.45, 2.75) is 39.2 Å². The summed E-state index contributed by atoms with van der Waals surface area (Å²) >= 11 is 0. The van der Waals surface area contributed by atoms with Gasteiger partial charge in [0.15, 0.2) is 11.5 Å². The number of carboxylic acids is 1. The molecule has 5 heteroatoms. The quantitative estimate of drug-likeness (QED) is 0.811. The summed E-state index contributed by atoms with van der Waals surface area (Å²) in [4.78, 5) is 12.0. The highest BCUT2D eigenvalue weighted by Crippen LogP contribution is 2.41. The number of hydrogen-bond donors (Lipinski definition) is 2. The number of carbonyl (C=O) groups is 1. The SMILES string of the molecule is C/C=C/C(C)(C)CC1NCC(c2ccc3c(c2)OCO3)[C@H]1C(=O)O. The van der Waals surface area contributed by atoms with Crippen LogP contribution in [0.5, 0.6) is 11.5 Å². The Morgan fingerprint density at radius 1 is 1.38 bits per heavy atom. The highest BCUT2D eigenvalue weighted by atomic mass is 16.7. The lowest BCUT2D eigenvalue weighted by atomic mass is 9.78. The van der Waals surface area contributed by atoms with E-state index in [0.717, 1.165) is 17.7 Å². The first kappa shape index (κ1) is 16.8. The van der Waals surface area contributed by atoms with E-state index in [4.69, 9.17) is 9.47 Å². The van der Waals surface area contributed by atoms with E-state index < -0.39 is 11.9 Å². The van der Waals surface area contributed by atoms with Crippen molar-refractivity contribution in [2.75, 3.05) is 13.3 Å². The fourth-order valence-electron chi connectivity index (χ4n) is 3.91. The number of benzene rings is 1. The molecule has 2 unspecified atom stereocenters. The summed E-state index contributed by atoms with van der Waals surface area (Å²) in [5.41, 5.74) is 0.953. The van der Waals surface area contributed by atoms with E-state index >= 15 is 0 Å². The predicted octanol–water partition coefficient (Wildman–Crippen LogP) is 3.16. The van der Waals surface area contributed by atoms with E-state index in [1.54, 1.807) is 0 Å². The fourth-order valence-corrected chi connectivity index (χ4v) is 3.91. The molecule has 0 saturated carbocycles. The van der Waals surface area contributed by atoms with Gasteiger partial charge < -0.3 is 19.9 Å². The van der Waals surface area contributed by atoms with Gasteiger partial charge in [0.05, 0.1) is 5.92 Å². The van der Waals surface area contributed by atoms with E-state index in [0.29, 0.717) is 12.3 Å². The van der Waals surface area contributed by atoms with E-state index in [1.165, 1.54) is 0 Å². The summed E-state index contributed by atoms with van der Waals surface area (Å²) < 4.78 is 10.8. The predicted molar refractivity (Wildman–Crippen MR) is 91.4 cm³/mol. The van der Waals surface area contributed by atoms with Gasteiger partial charge in [0, 0.05) is 18.5 Å². The van der Waals surface area contributed by atoms with Gasteiger partial charge in [-0.2, -0.15) is 0 Å². The lowest BCUT2D eigenvalue weighted by Crippen LogP contribution is -2.36. The minimum atomic E-state index is -0.746. The molecule has 2 aliphatic rings. The standard InChI is InChI=1S/C19H25NO4/c1-4-7-19(2,3)9-14-17(18(21)22)13(10-20-14)12-5-6-15-16(8-12)24-11-23-15/h4-8,13-14,17,20H,9-11H2,1-3H3,(H,21,22)/b7-4+/t13?,14?,17-/m1/s1. The van der Waals surface area contributed by atoms with Crippen LogP contribution in [0.4, 0.5) is 0 Å². The Kier molecular flexibility index (Phi) is 4.54. The van der Waals surface area contributed by atoms with Crippen molar-refractivity contribution >= 4 is 5.97 Å². The van der Waals surface area contributed by atoms with Crippen LogP contribution in [0.15, 0.2) is 30.4 Å². The zero-order valence-electron chi connectivity index (χ0n) is 14.4. The second kappa shape index (κ2) is 6.48. The zero-order chi connectivity index (χ0) is 17.3. The Labute approximate surface area is 142 Å². The Hall–Kier alpha value is -2.01. The Morgan fingerprint density at radius 2 is 2.12 bits per heavy atom. The fraction of sp³-hybridized carbons (Fsp3) is 0.526. The molecule has 1 aromatic carbocycles. The number of ether oxygens (including phenoxy) is 2. The number of rotatable bonds is 5. The molecular weight excluding hydrogens is 306 g/mol. The maximum Gasteiger partial charge on any atom is 0.308 e. The second-order valence-electron chi connectivity index (χ2n) is 7.29. The van der Waals surface area contributed by atoms with Crippen molar-refractivity contribution in [2.24, 2.45) is 11.3 Å². The smallest absolute Gasteiger partial charge is 0.308 e. The van der Waals surface area contributed by atoms with E-state index in [2.05, 4.69) is 25.2 Å². The third-order valence-corrected chi connectivity index (χ3v) is 4.94. The van der Waals surface area contributed by atoms with Crippen molar-refractivity contribution in [3.63, 3.8) is 0 Å². The van der Waals surface area contributed by atoms with Gasteiger partial charge in [-0.05, 0) is 36.5 Å². The van der Waals surface area contributed by atoms with Crippen molar-refractivity contribution in [1.29, 1.82) is 0 Å². The third kappa shape index (κ3) is 3.26. The first-order valence-electron chi connectivity index (χ1n) is 8.41. The molecule has 0 amide bonds.